The number of nitrogens with one attached hydrogen (secondary N) is 1. The Balaban J connectivity index is 1.34. The molecule has 2 N–H and O–H groups in total. The molecule has 2 bridgehead atoms. The summed E-state index contributed by atoms with van der Waals surface area (Å²) in [5.41, 5.74) is 2.46. The molecule has 4 fully saturated rings. The van der Waals surface area contributed by atoms with Gasteiger partial charge in [0.2, 0.25) is 5.91 Å². The van der Waals surface area contributed by atoms with E-state index < -0.39 is 5.97 Å². The number of rotatable bonds is 8. The molecule has 30 heavy (non-hydrogen) atoms. The maximum absolute atomic E-state index is 12.0. The van der Waals surface area contributed by atoms with Crippen molar-refractivity contribution in [1.29, 1.82) is 0 Å². The molecule has 0 radical (unpaired) electrons. The zero-order valence-electron chi connectivity index (χ0n) is 18.0. The molecule has 3 saturated heterocycles. The number of hydrogen-bond acceptors (Lipinski definition) is 5. The summed E-state index contributed by atoms with van der Waals surface area (Å²) in [6.07, 6.45) is 8.14. The largest absolute Gasteiger partial charge is 0.481 e. The summed E-state index contributed by atoms with van der Waals surface area (Å²) < 4.78 is 0. The van der Waals surface area contributed by atoms with Crippen LogP contribution in [0.15, 0.2) is 6.07 Å². The maximum Gasteiger partial charge on any atom is 0.303 e. The minimum Gasteiger partial charge on any atom is -0.481 e. The van der Waals surface area contributed by atoms with Crippen LogP contribution in [-0.4, -0.2) is 57.5 Å². The van der Waals surface area contributed by atoms with Crippen molar-refractivity contribution in [2.24, 2.45) is 5.92 Å². The van der Waals surface area contributed by atoms with Crippen LogP contribution in [0.3, 0.4) is 0 Å². The van der Waals surface area contributed by atoms with Gasteiger partial charge >= 0.3 is 5.97 Å². The Morgan fingerprint density at radius 1 is 1.17 bits per heavy atom. The first-order chi connectivity index (χ1) is 14.5. The molecule has 1 unspecified atom stereocenters. The average Bonchev–Trinajstić information content (AvgIpc) is 3.27. The molecule has 4 atom stereocenters. The highest BCUT2D eigenvalue weighted by atomic mass is 16.4. The zero-order valence-corrected chi connectivity index (χ0v) is 18.0. The van der Waals surface area contributed by atoms with Crippen LogP contribution in [-0.2, 0) is 9.59 Å². The topological polar surface area (TPSA) is 95.4 Å². The predicted molar refractivity (Wildman–Crippen MR) is 113 cm³/mol. The average molecular weight is 415 g/mol. The maximum atomic E-state index is 12.0. The van der Waals surface area contributed by atoms with Gasteiger partial charge in [0.05, 0.1) is 0 Å². The van der Waals surface area contributed by atoms with Crippen LogP contribution in [0.25, 0.3) is 0 Å². The lowest BCUT2D eigenvalue weighted by molar-refractivity contribution is -0.137. The van der Waals surface area contributed by atoms with Gasteiger partial charge < -0.3 is 10.4 Å². The number of nitrogens with zero attached hydrogens (tertiary/aromatic N) is 3. The van der Waals surface area contributed by atoms with Crippen LogP contribution in [0.1, 0.15) is 86.8 Å². The van der Waals surface area contributed by atoms with Crippen molar-refractivity contribution in [3.8, 4) is 0 Å². The van der Waals surface area contributed by atoms with E-state index in [9.17, 15) is 9.59 Å². The molecule has 1 amide bonds. The summed E-state index contributed by atoms with van der Waals surface area (Å²) in [4.78, 5) is 34.7. The van der Waals surface area contributed by atoms with Crippen LogP contribution < -0.4 is 5.32 Å². The lowest BCUT2D eigenvalue weighted by atomic mass is 9.74. The molecule has 4 aliphatic rings. The fourth-order valence-corrected chi connectivity index (χ4v) is 5.64. The number of aliphatic carboxylic acids is 1. The molecule has 3 aliphatic heterocycles. The standard InChI is InChI=1S/C23H34N4O3/c1-15-25-20(16-5-2-3-6-16)12-21(26-15)19-14-27-10-9-17(19)11-18(27)13-24-22(28)7-4-8-23(29)30/h12,16-19H,2-11,13-14H2,1H3,(H,24,28)(H,29,30)/t17-,18+,19+/m0/s1. The van der Waals surface area contributed by atoms with Gasteiger partial charge in [-0.25, -0.2) is 9.97 Å². The molecule has 1 aromatic heterocycles. The van der Waals surface area contributed by atoms with Gasteiger partial charge in [0.15, 0.2) is 0 Å². The number of piperidine rings is 3. The molecular formula is C23H34N4O3. The van der Waals surface area contributed by atoms with E-state index in [1.807, 2.05) is 6.92 Å². The van der Waals surface area contributed by atoms with E-state index in [-0.39, 0.29) is 18.7 Å². The van der Waals surface area contributed by atoms with E-state index in [1.54, 1.807) is 0 Å². The second-order valence-corrected chi connectivity index (χ2v) is 9.34. The molecule has 1 saturated carbocycles. The molecule has 7 heteroatoms. The summed E-state index contributed by atoms with van der Waals surface area (Å²) in [5, 5.41) is 11.7. The van der Waals surface area contributed by atoms with E-state index in [2.05, 4.69) is 16.3 Å². The van der Waals surface area contributed by atoms with Gasteiger partial charge in [-0.05, 0) is 57.6 Å². The van der Waals surface area contributed by atoms with Gasteiger partial charge in [-0.15, -0.1) is 0 Å². The molecule has 0 spiro atoms. The Kier molecular flexibility index (Phi) is 6.66. The van der Waals surface area contributed by atoms with Gasteiger partial charge in [0.25, 0.3) is 0 Å². The van der Waals surface area contributed by atoms with Crippen molar-refractivity contribution in [1.82, 2.24) is 20.2 Å². The predicted octanol–water partition coefficient (Wildman–Crippen LogP) is 2.99. The monoisotopic (exact) mass is 414 g/mol. The van der Waals surface area contributed by atoms with Gasteiger partial charge in [-0.2, -0.15) is 0 Å². The summed E-state index contributed by atoms with van der Waals surface area (Å²) in [7, 11) is 0. The van der Waals surface area contributed by atoms with Crippen molar-refractivity contribution >= 4 is 11.9 Å². The highest BCUT2D eigenvalue weighted by molar-refractivity contribution is 5.76. The van der Waals surface area contributed by atoms with E-state index in [0.29, 0.717) is 36.8 Å². The molecule has 0 aromatic carbocycles. The number of aryl methyl sites for hydroxylation is 1. The Morgan fingerprint density at radius 3 is 2.63 bits per heavy atom. The summed E-state index contributed by atoms with van der Waals surface area (Å²) in [6, 6.07) is 2.66. The number of aromatic nitrogens is 2. The van der Waals surface area contributed by atoms with Crippen LogP contribution in [0.4, 0.5) is 0 Å². The number of carbonyl (C=O) groups excluding carboxylic acids is 1. The number of carbonyl (C=O) groups is 2. The van der Waals surface area contributed by atoms with E-state index in [0.717, 1.165) is 25.3 Å². The van der Waals surface area contributed by atoms with E-state index in [1.165, 1.54) is 43.5 Å². The van der Waals surface area contributed by atoms with Crippen LogP contribution in [0.5, 0.6) is 0 Å². The summed E-state index contributed by atoms with van der Waals surface area (Å²) in [5.74, 6) is 1.69. The Bertz CT molecular complexity index is 778. The second kappa shape index (κ2) is 9.41. The smallest absolute Gasteiger partial charge is 0.303 e. The fraction of sp³-hybridized carbons (Fsp3) is 0.739. The number of amides is 1. The second-order valence-electron chi connectivity index (χ2n) is 9.34. The van der Waals surface area contributed by atoms with Crippen molar-refractivity contribution in [2.45, 2.75) is 82.6 Å². The Hall–Kier alpha value is -2.02. The first-order valence-corrected chi connectivity index (χ1v) is 11.6. The quantitative estimate of drug-likeness (QED) is 0.679. The van der Waals surface area contributed by atoms with Gasteiger partial charge in [0, 0.05) is 55.2 Å². The van der Waals surface area contributed by atoms with Gasteiger partial charge in [-0.1, -0.05) is 12.8 Å². The van der Waals surface area contributed by atoms with E-state index >= 15 is 0 Å². The first-order valence-electron chi connectivity index (χ1n) is 11.6. The van der Waals surface area contributed by atoms with Crippen molar-refractivity contribution in [2.75, 3.05) is 19.6 Å². The number of carboxylic acids is 1. The molecule has 1 aliphatic carbocycles. The lowest BCUT2D eigenvalue weighted by Gasteiger charge is -2.49. The normalized spacial score (nSPS) is 28.6. The van der Waals surface area contributed by atoms with E-state index in [4.69, 9.17) is 15.1 Å². The summed E-state index contributed by atoms with van der Waals surface area (Å²) >= 11 is 0. The number of carboxylic acid groups (broad SMARTS) is 1. The Morgan fingerprint density at radius 2 is 1.93 bits per heavy atom. The molecule has 7 nitrogen and oxygen atoms in total. The van der Waals surface area contributed by atoms with Crippen molar-refractivity contribution in [3.05, 3.63) is 23.3 Å². The van der Waals surface area contributed by atoms with Crippen molar-refractivity contribution < 1.29 is 14.7 Å². The SMILES string of the molecule is Cc1nc(C2CCCC2)cc([C@@H]2CN3CC[C@H]2C[C@@H]3CNC(=O)CCCC(=O)O)n1. The van der Waals surface area contributed by atoms with Gasteiger partial charge in [0.1, 0.15) is 5.82 Å². The minimum absolute atomic E-state index is 0.0388. The third kappa shape index (κ3) is 4.99. The number of hydrogen-bond donors (Lipinski definition) is 2. The van der Waals surface area contributed by atoms with Crippen molar-refractivity contribution in [3.63, 3.8) is 0 Å². The zero-order chi connectivity index (χ0) is 21.1. The fourth-order valence-electron chi connectivity index (χ4n) is 5.64. The highest BCUT2D eigenvalue weighted by Crippen LogP contribution is 2.42. The molecule has 1 aromatic rings. The highest BCUT2D eigenvalue weighted by Gasteiger charge is 2.41. The number of fused-ring (bicyclic) bond motifs is 3. The first kappa shape index (κ1) is 21.2. The molecule has 164 valence electrons. The Labute approximate surface area is 178 Å². The third-order valence-corrected chi connectivity index (χ3v) is 7.24. The third-order valence-electron chi connectivity index (χ3n) is 7.24. The molecular weight excluding hydrogens is 380 g/mol. The lowest BCUT2D eigenvalue weighted by Crippen LogP contribution is -2.56. The van der Waals surface area contributed by atoms with Crippen LogP contribution in [0.2, 0.25) is 0 Å². The molecule has 4 heterocycles. The van der Waals surface area contributed by atoms with Gasteiger partial charge in [-0.3, -0.25) is 14.5 Å². The molecule has 5 rings (SSSR count). The van der Waals surface area contributed by atoms with Crippen LogP contribution in [0, 0.1) is 12.8 Å². The van der Waals surface area contributed by atoms with Crippen LogP contribution >= 0.6 is 0 Å². The summed E-state index contributed by atoms with van der Waals surface area (Å²) in [6.45, 7) is 4.77. The minimum atomic E-state index is -0.847.